The van der Waals surface area contributed by atoms with E-state index in [9.17, 15) is 9.59 Å². The maximum Gasteiger partial charge on any atom is 0.296 e. The van der Waals surface area contributed by atoms with Gasteiger partial charge in [0, 0.05) is 51.6 Å². The summed E-state index contributed by atoms with van der Waals surface area (Å²) in [7, 11) is 3.37. The quantitative estimate of drug-likeness (QED) is 0.202. The lowest BCUT2D eigenvalue weighted by Crippen LogP contribution is -2.44. The number of carbonyl (C=O) groups excluding carboxylic acids is 2. The number of amides is 2. The first-order chi connectivity index (χ1) is 19.0. The van der Waals surface area contributed by atoms with Gasteiger partial charge in [-0.1, -0.05) is 17.7 Å². The summed E-state index contributed by atoms with van der Waals surface area (Å²) in [5, 5.41) is 9.17. The van der Waals surface area contributed by atoms with Crippen molar-refractivity contribution in [1.82, 2.24) is 20.5 Å². The van der Waals surface area contributed by atoms with Gasteiger partial charge in [-0.3, -0.25) is 19.5 Å². The van der Waals surface area contributed by atoms with E-state index >= 15 is 0 Å². The third kappa shape index (κ3) is 9.43. The van der Waals surface area contributed by atoms with Crippen LogP contribution in [0, 0.1) is 0 Å². The van der Waals surface area contributed by atoms with E-state index < -0.39 is 0 Å². The van der Waals surface area contributed by atoms with Crippen LogP contribution in [0.2, 0.25) is 0 Å². The molecule has 2 aliphatic rings. The SMILES string of the molecule is CNC/N=C(\OCC(=O)Nc1cnccc1N1CCNCC1)N1CCCC(C)=C(/C=C\COCCOC)C1=O. The summed E-state index contributed by atoms with van der Waals surface area (Å²) in [4.78, 5) is 38.7. The molecule has 1 fully saturated rings. The molecule has 39 heavy (non-hydrogen) atoms. The van der Waals surface area contributed by atoms with Crippen LogP contribution in [-0.4, -0.2) is 108 Å². The number of amidine groups is 1. The maximum atomic E-state index is 13.5. The molecule has 12 heteroatoms. The molecule has 0 aliphatic carbocycles. The molecule has 0 radical (unpaired) electrons. The average molecular weight is 544 g/mol. The number of aliphatic imine (C=N–C) groups is 1. The van der Waals surface area contributed by atoms with Gasteiger partial charge in [-0.15, -0.1) is 0 Å². The van der Waals surface area contributed by atoms with Crippen molar-refractivity contribution in [3.8, 4) is 0 Å². The highest BCUT2D eigenvalue weighted by Gasteiger charge is 2.27. The van der Waals surface area contributed by atoms with Crippen LogP contribution in [0.1, 0.15) is 19.8 Å². The molecule has 1 aromatic rings. The Morgan fingerprint density at radius 1 is 1.26 bits per heavy atom. The lowest BCUT2D eigenvalue weighted by atomic mass is 10.1. The number of pyridine rings is 1. The molecule has 1 saturated heterocycles. The first-order valence-corrected chi connectivity index (χ1v) is 13.3. The van der Waals surface area contributed by atoms with Gasteiger partial charge in [0.25, 0.3) is 17.8 Å². The van der Waals surface area contributed by atoms with Crippen LogP contribution in [0.3, 0.4) is 0 Å². The number of piperazine rings is 1. The maximum absolute atomic E-state index is 13.5. The van der Waals surface area contributed by atoms with Gasteiger partial charge >= 0.3 is 0 Å². The highest BCUT2D eigenvalue weighted by atomic mass is 16.5. The van der Waals surface area contributed by atoms with E-state index in [0.29, 0.717) is 37.6 Å². The van der Waals surface area contributed by atoms with Gasteiger partial charge in [0.2, 0.25) is 0 Å². The molecular weight excluding hydrogens is 502 g/mol. The normalized spacial score (nSPS) is 17.1. The van der Waals surface area contributed by atoms with E-state index in [0.717, 1.165) is 50.3 Å². The Labute approximate surface area is 230 Å². The fourth-order valence-corrected chi connectivity index (χ4v) is 4.26. The lowest BCUT2D eigenvalue weighted by molar-refractivity contribution is -0.125. The number of nitrogens with one attached hydrogen (secondary N) is 3. The van der Waals surface area contributed by atoms with E-state index in [-0.39, 0.29) is 31.1 Å². The Morgan fingerprint density at radius 3 is 2.85 bits per heavy atom. The number of rotatable bonds is 12. The first kappa shape index (κ1) is 30.2. The number of allylic oxidation sites excluding steroid dienone is 1. The second-order valence-electron chi connectivity index (χ2n) is 9.14. The Bertz CT molecular complexity index is 1040. The Morgan fingerprint density at radius 2 is 2.08 bits per heavy atom. The molecule has 0 bridgehead atoms. The number of aromatic nitrogens is 1. The third-order valence-corrected chi connectivity index (χ3v) is 6.26. The summed E-state index contributed by atoms with van der Waals surface area (Å²) in [5.74, 6) is -0.583. The number of methoxy groups -OCH3 is 1. The molecule has 0 spiro atoms. The van der Waals surface area contributed by atoms with E-state index in [1.165, 1.54) is 4.90 Å². The zero-order chi connectivity index (χ0) is 27.9. The fraction of sp³-hybridized carbons (Fsp3) is 0.556. The van der Waals surface area contributed by atoms with E-state index in [4.69, 9.17) is 14.2 Å². The van der Waals surface area contributed by atoms with Crippen LogP contribution in [-0.2, 0) is 23.8 Å². The molecule has 2 aliphatic heterocycles. The second-order valence-corrected chi connectivity index (χ2v) is 9.14. The van der Waals surface area contributed by atoms with Crippen LogP contribution in [0.5, 0.6) is 0 Å². The highest BCUT2D eigenvalue weighted by molar-refractivity contribution is 6.06. The van der Waals surface area contributed by atoms with Crippen molar-refractivity contribution in [2.45, 2.75) is 19.8 Å². The zero-order valence-corrected chi connectivity index (χ0v) is 23.2. The van der Waals surface area contributed by atoms with Crippen molar-refractivity contribution >= 4 is 29.2 Å². The van der Waals surface area contributed by atoms with Gasteiger partial charge in [-0.2, -0.15) is 0 Å². The van der Waals surface area contributed by atoms with Crippen LogP contribution < -0.4 is 20.9 Å². The van der Waals surface area contributed by atoms with Gasteiger partial charge in [-0.05, 0) is 32.9 Å². The number of hydrogen-bond acceptors (Lipinski definition) is 10. The van der Waals surface area contributed by atoms with Crippen molar-refractivity contribution in [2.24, 2.45) is 4.99 Å². The van der Waals surface area contributed by atoms with Crippen molar-refractivity contribution in [3.63, 3.8) is 0 Å². The summed E-state index contributed by atoms with van der Waals surface area (Å²) >= 11 is 0. The number of anilines is 2. The second kappa shape index (κ2) is 16.6. The predicted molar refractivity (Wildman–Crippen MR) is 151 cm³/mol. The van der Waals surface area contributed by atoms with Gasteiger partial charge in [0.1, 0.15) is 0 Å². The average Bonchev–Trinajstić information content (AvgIpc) is 3.09. The Kier molecular flexibility index (Phi) is 12.9. The predicted octanol–water partition coefficient (Wildman–Crippen LogP) is 1.14. The van der Waals surface area contributed by atoms with Crippen LogP contribution in [0.25, 0.3) is 0 Å². The fourth-order valence-electron chi connectivity index (χ4n) is 4.26. The van der Waals surface area contributed by atoms with E-state index in [1.807, 2.05) is 19.1 Å². The Hall–Kier alpha value is -3.32. The van der Waals surface area contributed by atoms with Crippen molar-refractivity contribution < 1.29 is 23.8 Å². The Balaban J connectivity index is 1.66. The number of carbonyl (C=O) groups is 2. The van der Waals surface area contributed by atoms with Gasteiger partial charge in [0.15, 0.2) is 6.61 Å². The van der Waals surface area contributed by atoms with E-state index in [2.05, 4.69) is 30.8 Å². The summed E-state index contributed by atoms with van der Waals surface area (Å²) in [6.45, 7) is 7.10. The summed E-state index contributed by atoms with van der Waals surface area (Å²) in [6, 6.07) is 2.00. The molecule has 2 amide bonds. The summed E-state index contributed by atoms with van der Waals surface area (Å²) < 4.78 is 16.3. The molecule has 3 rings (SSSR count). The molecular formula is C27H41N7O5. The van der Waals surface area contributed by atoms with Crippen LogP contribution in [0.4, 0.5) is 11.4 Å². The smallest absolute Gasteiger partial charge is 0.296 e. The third-order valence-electron chi connectivity index (χ3n) is 6.26. The molecule has 0 atom stereocenters. The first-order valence-electron chi connectivity index (χ1n) is 13.3. The minimum Gasteiger partial charge on any atom is -0.455 e. The number of hydrogen-bond donors (Lipinski definition) is 3. The van der Waals surface area contributed by atoms with Gasteiger partial charge in [0.05, 0.1) is 44.1 Å². The minimum absolute atomic E-state index is 0.106. The largest absolute Gasteiger partial charge is 0.455 e. The van der Waals surface area contributed by atoms with Crippen LogP contribution >= 0.6 is 0 Å². The minimum atomic E-state index is -0.362. The topological polar surface area (TPSA) is 130 Å². The number of nitrogens with zero attached hydrogens (tertiary/aromatic N) is 4. The molecule has 1 aromatic heterocycles. The summed E-state index contributed by atoms with van der Waals surface area (Å²) in [5.41, 5.74) is 3.09. The van der Waals surface area contributed by atoms with Gasteiger partial charge < -0.3 is 35.1 Å². The lowest BCUT2D eigenvalue weighted by Gasteiger charge is -2.30. The molecule has 3 N–H and O–H groups in total. The summed E-state index contributed by atoms with van der Waals surface area (Å²) in [6.07, 6.45) is 8.46. The van der Waals surface area contributed by atoms with Crippen molar-refractivity contribution in [3.05, 3.63) is 41.8 Å². The van der Waals surface area contributed by atoms with Crippen molar-refractivity contribution in [2.75, 3.05) is 90.2 Å². The van der Waals surface area contributed by atoms with Crippen molar-refractivity contribution in [1.29, 1.82) is 0 Å². The standard InChI is InChI=1S/C27H41N7O5/c1-21-6-4-12-34(26(36)22(21)7-5-15-38-17-16-37-3)27(31-20-28-2)39-19-25(35)32-23-18-30-9-8-24(23)33-13-10-29-11-14-33/h5,7-9,18,28-29H,4,6,10-17,19-20H2,1-3H3,(H,32,35)/b7-5-,31-27-. The monoisotopic (exact) mass is 543 g/mol. The molecule has 0 saturated carbocycles. The highest BCUT2D eigenvalue weighted by Crippen LogP contribution is 2.25. The molecule has 3 heterocycles. The molecule has 0 aromatic carbocycles. The van der Waals surface area contributed by atoms with E-state index in [1.54, 1.807) is 32.6 Å². The molecule has 214 valence electrons. The van der Waals surface area contributed by atoms with Gasteiger partial charge in [-0.25, -0.2) is 4.99 Å². The number of ether oxygens (including phenoxy) is 3. The van der Waals surface area contributed by atoms with Crippen LogP contribution in [0.15, 0.2) is 46.8 Å². The molecule has 0 unspecified atom stereocenters. The molecule has 12 nitrogen and oxygen atoms in total. The zero-order valence-electron chi connectivity index (χ0n) is 23.2.